The fraction of sp³-hybridized carbons (Fsp3) is 0.538. The van der Waals surface area contributed by atoms with Crippen molar-refractivity contribution in [3.63, 3.8) is 0 Å². The van der Waals surface area contributed by atoms with Crippen molar-refractivity contribution in [3.8, 4) is 5.75 Å². The maximum Gasteiger partial charge on any atom is 0.246 e. The first-order chi connectivity index (χ1) is 8.76. The van der Waals surface area contributed by atoms with Crippen molar-refractivity contribution in [1.82, 2.24) is 4.31 Å². The Morgan fingerprint density at radius 1 is 1.37 bits per heavy atom. The summed E-state index contributed by atoms with van der Waals surface area (Å²) >= 11 is 0. The van der Waals surface area contributed by atoms with E-state index in [1.165, 1.54) is 23.5 Å². The fourth-order valence-electron chi connectivity index (χ4n) is 2.30. The molecule has 2 rings (SSSR count). The highest BCUT2D eigenvalue weighted by atomic mass is 32.2. The lowest BCUT2D eigenvalue weighted by atomic mass is 9.93. The second-order valence-corrected chi connectivity index (χ2v) is 7.57. The molecule has 5 nitrogen and oxygen atoms in total. The van der Waals surface area contributed by atoms with E-state index in [9.17, 15) is 8.42 Å². The van der Waals surface area contributed by atoms with Crippen molar-refractivity contribution in [2.45, 2.75) is 25.2 Å². The second kappa shape index (κ2) is 4.68. The van der Waals surface area contributed by atoms with Gasteiger partial charge in [-0.3, -0.25) is 0 Å². The van der Waals surface area contributed by atoms with Crippen LogP contribution in [-0.2, 0) is 10.0 Å². The number of ether oxygens (including phenoxy) is 1. The summed E-state index contributed by atoms with van der Waals surface area (Å²) in [6.07, 6.45) is 0.865. The first-order valence-corrected chi connectivity index (χ1v) is 7.64. The number of nitrogens with two attached hydrogens (primary N) is 1. The standard InChI is InChI=1S/C13H20N2O3S/c1-13(2)6-7-15(9-13)19(16,17)12-5-4-10(14)8-11(12)18-3/h4-5,8H,6-7,9,14H2,1-3H3. The summed E-state index contributed by atoms with van der Waals surface area (Å²) < 4.78 is 31.9. The average molecular weight is 284 g/mol. The topological polar surface area (TPSA) is 72.6 Å². The fourth-order valence-corrected chi connectivity index (χ4v) is 4.07. The van der Waals surface area contributed by atoms with Crippen LogP contribution >= 0.6 is 0 Å². The predicted octanol–water partition coefficient (Wildman–Crippen LogP) is 1.70. The minimum atomic E-state index is -3.52. The summed E-state index contributed by atoms with van der Waals surface area (Å²) in [5, 5.41) is 0. The minimum absolute atomic E-state index is 0.0219. The van der Waals surface area contributed by atoms with Crippen molar-refractivity contribution in [2.75, 3.05) is 25.9 Å². The minimum Gasteiger partial charge on any atom is -0.495 e. The Kier molecular flexibility index (Phi) is 3.49. The Bertz CT molecular complexity index is 582. The van der Waals surface area contributed by atoms with Gasteiger partial charge in [-0.25, -0.2) is 8.42 Å². The monoisotopic (exact) mass is 284 g/mol. The number of benzene rings is 1. The molecular weight excluding hydrogens is 264 g/mol. The van der Waals surface area contributed by atoms with Crippen LogP contribution in [0.15, 0.2) is 23.1 Å². The van der Waals surface area contributed by atoms with Gasteiger partial charge in [0.2, 0.25) is 10.0 Å². The van der Waals surface area contributed by atoms with Gasteiger partial charge in [0.1, 0.15) is 10.6 Å². The third kappa shape index (κ3) is 2.69. The van der Waals surface area contributed by atoms with Crippen LogP contribution in [0, 0.1) is 5.41 Å². The maximum atomic E-state index is 12.6. The molecule has 106 valence electrons. The molecule has 0 aromatic heterocycles. The molecule has 1 aromatic rings. The largest absolute Gasteiger partial charge is 0.495 e. The molecule has 2 N–H and O–H groups in total. The number of hydrogen-bond acceptors (Lipinski definition) is 4. The molecule has 6 heteroatoms. The van der Waals surface area contributed by atoms with Gasteiger partial charge >= 0.3 is 0 Å². The van der Waals surface area contributed by atoms with Gasteiger partial charge in [-0.05, 0) is 24.0 Å². The predicted molar refractivity (Wildman–Crippen MR) is 74.6 cm³/mol. The molecule has 0 bridgehead atoms. The number of rotatable bonds is 3. The van der Waals surface area contributed by atoms with E-state index in [-0.39, 0.29) is 10.3 Å². The number of nitrogens with zero attached hydrogens (tertiary/aromatic N) is 1. The normalized spacial score (nSPS) is 19.5. The SMILES string of the molecule is COc1cc(N)ccc1S(=O)(=O)N1CCC(C)(C)C1. The van der Waals surface area contributed by atoms with E-state index in [4.69, 9.17) is 10.5 Å². The molecule has 0 spiro atoms. The zero-order valence-electron chi connectivity index (χ0n) is 11.5. The molecule has 0 saturated carbocycles. The van der Waals surface area contributed by atoms with Gasteiger partial charge in [0.25, 0.3) is 0 Å². The number of methoxy groups -OCH3 is 1. The van der Waals surface area contributed by atoms with Crippen molar-refractivity contribution < 1.29 is 13.2 Å². The Labute approximate surface area is 114 Å². The van der Waals surface area contributed by atoms with E-state index in [0.717, 1.165) is 6.42 Å². The molecule has 1 fully saturated rings. The van der Waals surface area contributed by atoms with Gasteiger partial charge < -0.3 is 10.5 Å². The molecule has 1 heterocycles. The molecule has 0 amide bonds. The third-order valence-corrected chi connectivity index (χ3v) is 5.33. The lowest BCUT2D eigenvalue weighted by Crippen LogP contribution is -2.30. The van der Waals surface area contributed by atoms with E-state index >= 15 is 0 Å². The van der Waals surface area contributed by atoms with E-state index in [0.29, 0.717) is 24.5 Å². The first-order valence-electron chi connectivity index (χ1n) is 6.20. The van der Waals surface area contributed by atoms with Crippen LogP contribution in [0.3, 0.4) is 0 Å². The van der Waals surface area contributed by atoms with Crippen LogP contribution in [0.5, 0.6) is 5.75 Å². The van der Waals surface area contributed by atoms with Crippen LogP contribution in [0.1, 0.15) is 20.3 Å². The lowest BCUT2D eigenvalue weighted by molar-refractivity contribution is 0.371. The number of nitrogen functional groups attached to an aromatic ring is 1. The smallest absolute Gasteiger partial charge is 0.246 e. The lowest BCUT2D eigenvalue weighted by Gasteiger charge is -2.20. The zero-order valence-corrected chi connectivity index (χ0v) is 12.3. The summed E-state index contributed by atoms with van der Waals surface area (Å²) in [6.45, 7) is 5.22. The molecule has 1 aromatic carbocycles. The van der Waals surface area contributed by atoms with Gasteiger partial charge in [-0.1, -0.05) is 13.8 Å². The summed E-state index contributed by atoms with van der Waals surface area (Å²) in [4.78, 5) is 0.182. The molecule has 1 aliphatic heterocycles. The van der Waals surface area contributed by atoms with E-state index in [2.05, 4.69) is 13.8 Å². The number of hydrogen-bond donors (Lipinski definition) is 1. The van der Waals surface area contributed by atoms with E-state index < -0.39 is 10.0 Å². The first kappa shape index (κ1) is 14.1. The zero-order chi connectivity index (χ0) is 14.3. The van der Waals surface area contributed by atoms with Gasteiger partial charge in [-0.15, -0.1) is 0 Å². The average Bonchev–Trinajstić information content (AvgIpc) is 2.69. The highest BCUT2D eigenvalue weighted by Crippen LogP contribution is 2.35. The quantitative estimate of drug-likeness (QED) is 0.857. The summed E-state index contributed by atoms with van der Waals surface area (Å²) in [7, 11) is -2.07. The Morgan fingerprint density at radius 2 is 2.05 bits per heavy atom. The third-order valence-electron chi connectivity index (χ3n) is 3.45. The summed E-state index contributed by atoms with van der Waals surface area (Å²) in [5.74, 6) is 0.296. The van der Waals surface area contributed by atoms with Crippen molar-refractivity contribution in [3.05, 3.63) is 18.2 Å². The van der Waals surface area contributed by atoms with Crippen LogP contribution in [0.4, 0.5) is 5.69 Å². The Morgan fingerprint density at radius 3 is 2.58 bits per heavy atom. The molecular formula is C13H20N2O3S. The van der Waals surface area contributed by atoms with Crippen molar-refractivity contribution >= 4 is 15.7 Å². The number of anilines is 1. The van der Waals surface area contributed by atoms with E-state index in [1.54, 1.807) is 6.07 Å². The van der Waals surface area contributed by atoms with Gasteiger partial charge in [0.05, 0.1) is 7.11 Å². The van der Waals surface area contributed by atoms with Crippen LogP contribution in [0.25, 0.3) is 0 Å². The maximum absolute atomic E-state index is 12.6. The molecule has 0 radical (unpaired) electrons. The molecule has 1 aliphatic rings. The molecule has 0 aliphatic carbocycles. The van der Waals surface area contributed by atoms with Crippen LogP contribution in [-0.4, -0.2) is 32.9 Å². The van der Waals surface area contributed by atoms with Gasteiger partial charge in [-0.2, -0.15) is 4.31 Å². The molecule has 19 heavy (non-hydrogen) atoms. The highest BCUT2D eigenvalue weighted by Gasteiger charge is 2.37. The van der Waals surface area contributed by atoms with Crippen LogP contribution in [0.2, 0.25) is 0 Å². The highest BCUT2D eigenvalue weighted by molar-refractivity contribution is 7.89. The van der Waals surface area contributed by atoms with Gasteiger partial charge in [0, 0.05) is 24.8 Å². The van der Waals surface area contributed by atoms with E-state index in [1.807, 2.05) is 0 Å². The summed E-state index contributed by atoms with van der Waals surface area (Å²) in [6, 6.07) is 4.62. The molecule has 0 unspecified atom stereocenters. The Balaban J connectivity index is 2.41. The van der Waals surface area contributed by atoms with Gasteiger partial charge in [0.15, 0.2) is 0 Å². The summed E-state index contributed by atoms with van der Waals surface area (Å²) in [5.41, 5.74) is 6.16. The van der Waals surface area contributed by atoms with Crippen LogP contribution < -0.4 is 10.5 Å². The Hall–Kier alpha value is -1.27. The number of sulfonamides is 1. The molecule has 0 atom stereocenters. The second-order valence-electron chi connectivity index (χ2n) is 5.66. The molecule has 1 saturated heterocycles. The van der Waals surface area contributed by atoms with Crippen molar-refractivity contribution in [1.29, 1.82) is 0 Å². The van der Waals surface area contributed by atoms with Crippen molar-refractivity contribution in [2.24, 2.45) is 5.41 Å².